The van der Waals surface area contributed by atoms with Crippen LogP contribution in [-0.2, 0) is 14.8 Å². The Hall–Kier alpha value is -1.78. The van der Waals surface area contributed by atoms with Crippen LogP contribution in [0.5, 0.6) is 0 Å². The van der Waals surface area contributed by atoms with Crippen molar-refractivity contribution in [3.05, 3.63) is 53.4 Å². The zero-order valence-electron chi connectivity index (χ0n) is 11.5. The summed E-state index contributed by atoms with van der Waals surface area (Å²) in [6.45, 7) is 0. The van der Waals surface area contributed by atoms with Crippen molar-refractivity contribution >= 4 is 10.0 Å². The maximum absolute atomic E-state index is 13.7. The van der Waals surface area contributed by atoms with E-state index in [2.05, 4.69) is 0 Å². The normalized spacial score (nSPS) is 16.8. The minimum Gasteiger partial charge on any atom is -0.356 e. The number of hydrogen-bond donors (Lipinski definition) is 1. The average Bonchev–Trinajstić information content (AvgIpc) is 2.51. The zero-order chi connectivity index (χ0) is 17.4. The number of ether oxygens (including phenoxy) is 1. The smallest absolute Gasteiger partial charge is 0.249 e. The van der Waals surface area contributed by atoms with Crippen LogP contribution in [0.2, 0.25) is 0 Å². The molecule has 4 nitrogen and oxygen atoms in total. The number of allylic oxidation sites excluding steroid dienone is 2. The molecule has 0 saturated heterocycles. The first-order chi connectivity index (χ1) is 10.7. The summed E-state index contributed by atoms with van der Waals surface area (Å²) in [6.07, 6.45) is 5.90. The molecule has 0 aromatic heterocycles. The fourth-order valence-corrected chi connectivity index (χ4v) is 3.34. The Morgan fingerprint density at radius 3 is 1.83 bits per heavy atom. The molecule has 1 aromatic rings. The van der Waals surface area contributed by atoms with Gasteiger partial charge in [-0.05, 0) is 18.6 Å². The first-order valence-corrected chi connectivity index (χ1v) is 7.59. The fraction of sp³-hybridized carbons (Fsp3) is 0.231. The third-order valence-electron chi connectivity index (χ3n) is 3.07. The number of sulfonamides is 1. The van der Waals surface area contributed by atoms with Gasteiger partial charge in [0.15, 0.2) is 33.9 Å². The number of hydrogen-bond acceptors (Lipinski definition) is 3. The molecule has 23 heavy (non-hydrogen) atoms. The lowest BCUT2D eigenvalue weighted by atomic mass is 10.1. The number of nitrogens with one attached hydrogen (secondary N) is 1. The maximum atomic E-state index is 13.7. The number of methoxy groups -OCH3 is 1. The lowest BCUT2D eigenvalue weighted by Gasteiger charge is -2.28. The molecule has 0 spiro atoms. The highest BCUT2D eigenvalue weighted by Crippen LogP contribution is 2.28. The van der Waals surface area contributed by atoms with Gasteiger partial charge < -0.3 is 4.74 Å². The standard InChI is InChI=1S/C13H10F5NO3S/c1-22-13(5-3-2-4-6-13)19-23(20,21)12-10(17)8(15)7(14)9(16)11(12)18/h3-6,19H,2H2,1H3. The molecule has 126 valence electrons. The number of halogens is 5. The molecule has 1 aromatic carbocycles. The highest BCUT2D eigenvalue weighted by molar-refractivity contribution is 7.89. The second-order valence-electron chi connectivity index (χ2n) is 4.54. The Kier molecular flexibility index (Phi) is 4.60. The summed E-state index contributed by atoms with van der Waals surface area (Å²) >= 11 is 0. The van der Waals surface area contributed by atoms with Crippen molar-refractivity contribution in [2.75, 3.05) is 7.11 Å². The van der Waals surface area contributed by atoms with Crippen molar-refractivity contribution in [2.45, 2.75) is 17.0 Å². The van der Waals surface area contributed by atoms with Gasteiger partial charge >= 0.3 is 0 Å². The predicted molar refractivity (Wildman–Crippen MR) is 69.2 cm³/mol. The van der Waals surface area contributed by atoms with Crippen molar-refractivity contribution in [1.29, 1.82) is 0 Å². The molecular weight excluding hydrogens is 345 g/mol. The first-order valence-electron chi connectivity index (χ1n) is 6.11. The van der Waals surface area contributed by atoms with Gasteiger partial charge in [-0.25, -0.2) is 30.4 Å². The van der Waals surface area contributed by atoms with E-state index in [0.29, 0.717) is 6.42 Å². The van der Waals surface area contributed by atoms with Crippen LogP contribution in [0.4, 0.5) is 22.0 Å². The van der Waals surface area contributed by atoms with Crippen LogP contribution in [0.1, 0.15) is 6.42 Å². The Morgan fingerprint density at radius 1 is 0.957 bits per heavy atom. The van der Waals surface area contributed by atoms with Crippen LogP contribution in [0.15, 0.2) is 29.2 Å². The Balaban J connectivity index is 2.60. The van der Waals surface area contributed by atoms with E-state index in [4.69, 9.17) is 4.74 Å². The summed E-state index contributed by atoms with van der Waals surface area (Å²) in [5.41, 5.74) is -1.79. The molecule has 1 aliphatic carbocycles. The topological polar surface area (TPSA) is 55.4 Å². The summed E-state index contributed by atoms with van der Waals surface area (Å²) in [4.78, 5) is -1.97. The van der Waals surface area contributed by atoms with E-state index in [1.807, 2.05) is 0 Å². The molecule has 0 saturated carbocycles. The molecule has 0 bridgehead atoms. The van der Waals surface area contributed by atoms with Crippen molar-refractivity contribution in [1.82, 2.24) is 4.72 Å². The lowest BCUT2D eigenvalue weighted by molar-refractivity contribution is 0.0633. The predicted octanol–water partition coefficient (Wildman–Crippen LogP) is 2.52. The zero-order valence-corrected chi connectivity index (χ0v) is 12.4. The van der Waals surface area contributed by atoms with Crippen LogP contribution < -0.4 is 4.72 Å². The molecular formula is C13H10F5NO3S. The molecule has 0 heterocycles. The molecule has 10 heteroatoms. The van der Waals surface area contributed by atoms with Gasteiger partial charge in [0.2, 0.25) is 15.8 Å². The van der Waals surface area contributed by atoms with E-state index in [1.54, 1.807) is 4.72 Å². The largest absolute Gasteiger partial charge is 0.356 e. The van der Waals surface area contributed by atoms with E-state index in [1.165, 1.54) is 24.3 Å². The van der Waals surface area contributed by atoms with Crippen LogP contribution >= 0.6 is 0 Å². The second kappa shape index (κ2) is 6.02. The van der Waals surface area contributed by atoms with Crippen LogP contribution in [0.25, 0.3) is 0 Å². The van der Waals surface area contributed by atoms with E-state index >= 15 is 0 Å². The van der Waals surface area contributed by atoms with Crippen LogP contribution in [-0.4, -0.2) is 21.3 Å². The molecule has 1 aliphatic rings. The van der Waals surface area contributed by atoms with Crippen LogP contribution in [0, 0.1) is 29.1 Å². The van der Waals surface area contributed by atoms with Gasteiger partial charge in [0.25, 0.3) is 0 Å². The third kappa shape index (κ3) is 3.01. The fourth-order valence-electron chi connectivity index (χ4n) is 1.95. The third-order valence-corrected chi connectivity index (χ3v) is 4.56. The van der Waals surface area contributed by atoms with Gasteiger partial charge in [0.05, 0.1) is 0 Å². The summed E-state index contributed by atoms with van der Waals surface area (Å²) in [6, 6.07) is 0. The molecule has 0 radical (unpaired) electrons. The molecule has 0 fully saturated rings. The summed E-state index contributed by atoms with van der Waals surface area (Å²) < 4.78 is 97.6. The molecule has 0 unspecified atom stereocenters. The quantitative estimate of drug-likeness (QED) is 0.297. The lowest BCUT2D eigenvalue weighted by Crippen LogP contribution is -2.48. The number of rotatable bonds is 4. The van der Waals surface area contributed by atoms with E-state index < -0.39 is 49.7 Å². The Labute approximate surface area is 128 Å². The minimum absolute atomic E-state index is 0.454. The monoisotopic (exact) mass is 355 g/mol. The highest BCUT2D eigenvalue weighted by atomic mass is 32.2. The second-order valence-corrected chi connectivity index (χ2v) is 6.16. The maximum Gasteiger partial charge on any atom is 0.249 e. The minimum atomic E-state index is -5.13. The molecule has 1 N–H and O–H groups in total. The van der Waals surface area contributed by atoms with Gasteiger partial charge in [0, 0.05) is 7.11 Å². The van der Waals surface area contributed by atoms with E-state index in [9.17, 15) is 30.4 Å². The Bertz CT molecular complexity index is 763. The average molecular weight is 355 g/mol. The van der Waals surface area contributed by atoms with Crippen molar-refractivity contribution < 1.29 is 35.1 Å². The van der Waals surface area contributed by atoms with Gasteiger partial charge in [-0.3, -0.25) is 0 Å². The SMILES string of the molecule is COC1(NS(=O)(=O)c2c(F)c(F)c(F)c(F)c2F)C=CCC=C1. The molecule has 2 rings (SSSR count). The van der Waals surface area contributed by atoms with Gasteiger partial charge in [-0.15, -0.1) is 0 Å². The van der Waals surface area contributed by atoms with Gasteiger partial charge in [-0.1, -0.05) is 12.2 Å². The first kappa shape index (κ1) is 17.6. The molecule has 0 aliphatic heterocycles. The van der Waals surface area contributed by atoms with Crippen molar-refractivity contribution in [3.63, 3.8) is 0 Å². The molecule has 0 atom stereocenters. The van der Waals surface area contributed by atoms with E-state index in [0.717, 1.165) is 7.11 Å². The highest BCUT2D eigenvalue weighted by Gasteiger charge is 2.38. The summed E-state index contributed by atoms with van der Waals surface area (Å²) in [7, 11) is -4.03. The Morgan fingerprint density at radius 2 is 1.39 bits per heavy atom. The van der Waals surface area contributed by atoms with Crippen molar-refractivity contribution in [2.24, 2.45) is 0 Å². The molecule has 0 amide bonds. The van der Waals surface area contributed by atoms with Crippen LogP contribution in [0.3, 0.4) is 0 Å². The van der Waals surface area contributed by atoms with E-state index in [-0.39, 0.29) is 0 Å². The summed E-state index contributed by atoms with van der Waals surface area (Å²) in [5.74, 6) is -12.1. The summed E-state index contributed by atoms with van der Waals surface area (Å²) in [5, 5.41) is 0. The van der Waals surface area contributed by atoms with Crippen molar-refractivity contribution in [3.8, 4) is 0 Å². The van der Waals surface area contributed by atoms with Gasteiger partial charge in [-0.2, -0.15) is 4.72 Å². The van der Waals surface area contributed by atoms with Gasteiger partial charge in [0.1, 0.15) is 0 Å². The number of benzene rings is 1.